The molecule has 1 saturated heterocycles. The smallest absolute Gasteiger partial charge is 0.140 e. The lowest BCUT2D eigenvalue weighted by atomic mass is 9.98. The molecule has 5 nitrogen and oxygen atoms in total. The van der Waals surface area contributed by atoms with E-state index in [4.69, 9.17) is 16.7 Å². The molecule has 0 atom stereocenters. The number of anilines is 1. The second-order valence-corrected chi connectivity index (χ2v) is 4.60. The number of aliphatic hydroxyl groups is 2. The Morgan fingerprint density at radius 1 is 1.29 bits per heavy atom. The first-order chi connectivity index (χ1) is 8.26. The van der Waals surface area contributed by atoms with Gasteiger partial charge in [-0.15, -0.1) is 0 Å². The number of hydrogen-bond donors (Lipinski definition) is 2. The average Bonchev–Trinajstić information content (AvgIpc) is 2.38. The largest absolute Gasteiger partial charge is 0.396 e. The van der Waals surface area contributed by atoms with E-state index in [0.29, 0.717) is 22.5 Å². The number of piperidine rings is 1. The molecule has 0 bridgehead atoms. The van der Waals surface area contributed by atoms with Crippen molar-refractivity contribution >= 4 is 17.4 Å². The minimum absolute atomic E-state index is 0.158. The summed E-state index contributed by atoms with van der Waals surface area (Å²) < 4.78 is 0. The van der Waals surface area contributed by atoms with Crippen LogP contribution in [0.1, 0.15) is 18.4 Å². The van der Waals surface area contributed by atoms with Crippen LogP contribution in [0.4, 0.5) is 5.82 Å². The molecule has 0 unspecified atom stereocenters. The van der Waals surface area contributed by atoms with Crippen molar-refractivity contribution in [1.29, 1.82) is 0 Å². The molecule has 0 aliphatic carbocycles. The minimum Gasteiger partial charge on any atom is -0.396 e. The molecular weight excluding hydrogens is 242 g/mol. The van der Waals surface area contributed by atoms with Gasteiger partial charge in [0, 0.05) is 19.7 Å². The number of halogens is 1. The molecule has 2 N–H and O–H groups in total. The monoisotopic (exact) mass is 257 g/mol. The Labute approximate surface area is 105 Å². The van der Waals surface area contributed by atoms with Crippen LogP contribution in [0.5, 0.6) is 0 Å². The molecule has 2 heterocycles. The zero-order valence-electron chi connectivity index (χ0n) is 9.51. The fraction of sp³-hybridized carbons (Fsp3) is 0.636. The van der Waals surface area contributed by atoms with E-state index < -0.39 is 0 Å². The van der Waals surface area contributed by atoms with Crippen molar-refractivity contribution < 1.29 is 10.2 Å². The van der Waals surface area contributed by atoms with Gasteiger partial charge in [-0.3, -0.25) is 0 Å². The van der Waals surface area contributed by atoms with Gasteiger partial charge in [-0.25, -0.2) is 9.97 Å². The molecule has 0 saturated carbocycles. The van der Waals surface area contributed by atoms with Gasteiger partial charge in [-0.1, -0.05) is 11.6 Å². The van der Waals surface area contributed by atoms with Crippen LogP contribution < -0.4 is 4.90 Å². The molecular formula is C11H16ClN3O2. The molecule has 2 rings (SSSR count). The Hall–Kier alpha value is -0.910. The molecule has 94 valence electrons. The Bertz CT molecular complexity index is 381. The molecule has 1 aliphatic heterocycles. The maximum atomic E-state index is 9.30. The Morgan fingerprint density at radius 2 is 2.00 bits per heavy atom. The van der Waals surface area contributed by atoms with Crippen molar-refractivity contribution in [3.05, 3.63) is 17.0 Å². The Kier molecular flexibility index (Phi) is 4.15. The van der Waals surface area contributed by atoms with Crippen LogP contribution in [0.25, 0.3) is 0 Å². The van der Waals surface area contributed by atoms with E-state index in [1.807, 2.05) is 0 Å². The highest BCUT2D eigenvalue weighted by Gasteiger charge is 2.22. The van der Waals surface area contributed by atoms with E-state index in [-0.39, 0.29) is 13.2 Å². The summed E-state index contributed by atoms with van der Waals surface area (Å²) in [6.07, 6.45) is 3.28. The van der Waals surface area contributed by atoms with Gasteiger partial charge in [0.2, 0.25) is 0 Å². The number of aliphatic hydroxyl groups excluding tert-OH is 2. The normalized spacial score (nSPS) is 17.5. The van der Waals surface area contributed by atoms with E-state index in [1.165, 1.54) is 6.33 Å². The van der Waals surface area contributed by atoms with Crippen LogP contribution in [0, 0.1) is 5.92 Å². The molecule has 0 aromatic carbocycles. The van der Waals surface area contributed by atoms with Crippen molar-refractivity contribution in [3.8, 4) is 0 Å². The Morgan fingerprint density at radius 3 is 2.59 bits per heavy atom. The fourth-order valence-electron chi connectivity index (χ4n) is 2.12. The van der Waals surface area contributed by atoms with Crippen molar-refractivity contribution in [3.63, 3.8) is 0 Å². The summed E-state index contributed by atoms with van der Waals surface area (Å²) in [5.41, 5.74) is 0.580. The molecule has 0 spiro atoms. The number of aromatic nitrogens is 2. The third-order valence-electron chi connectivity index (χ3n) is 3.20. The first kappa shape index (κ1) is 12.5. The fourth-order valence-corrected chi connectivity index (χ4v) is 2.31. The lowest BCUT2D eigenvalue weighted by Gasteiger charge is -2.32. The van der Waals surface area contributed by atoms with Crippen LogP contribution in [-0.4, -0.2) is 39.9 Å². The van der Waals surface area contributed by atoms with Crippen LogP contribution in [0.3, 0.4) is 0 Å². The molecule has 1 fully saturated rings. The topological polar surface area (TPSA) is 69.5 Å². The standard InChI is InChI=1S/C11H16ClN3O2/c12-10-9(6-17)11(14-7-13-10)15-3-1-8(5-16)2-4-15/h7-8,16-17H,1-6H2. The molecule has 1 aromatic heterocycles. The first-order valence-electron chi connectivity index (χ1n) is 5.72. The van der Waals surface area contributed by atoms with Crippen LogP contribution in [-0.2, 0) is 6.61 Å². The second kappa shape index (κ2) is 5.62. The highest BCUT2D eigenvalue weighted by molar-refractivity contribution is 6.30. The summed E-state index contributed by atoms with van der Waals surface area (Å²) in [5.74, 6) is 1.09. The van der Waals surface area contributed by atoms with E-state index in [0.717, 1.165) is 25.9 Å². The average molecular weight is 258 g/mol. The van der Waals surface area contributed by atoms with Crippen molar-refractivity contribution in [2.24, 2.45) is 5.92 Å². The van der Waals surface area contributed by atoms with E-state index in [1.54, 1.807) is 0 Å². The third kappa shape index (κ3) is 2.68. The summed E-state index contributed by atoms with van der Waals surface area (Å²) in [6, 6.07) is 0. The first-order valence-corrected chi connectivity index (χ1v) is 6.10. The van der Waals surface area contributed by atoms with E-state index in [2.05, 4.69) is 14.9 Å². The molecule has 6 heteroatoms. The number of hydrogen-bond acceptors (Lipinski definition) is 5. The van der Waals surface area contributed by atoms with Gasteiger partial charge < -0.3 is 15.1 Å². The zero-order valence-corrected chi connectivity index (χ0v) is 10.3. The molecule has 17 heavy (non-hydrogen) atoms. The van der Waals surface area contributed by atoms with E-state index in [9.17, 15) is 5.11 Å². The Balaban J connectivity index is 2.15. The summed E-state index contributed by atoms with van der Waals surface area (Å²) >= 11 is 5.93. The van der Waals surface area contributed by atoms with Crippen molar-refractivity contribution in [1.82, 2.24) is 9.97 Å². The molecule has 0 radical (unpaired) electrons. The lowest BCUT2D eigenvalue weighted by molar-refractivity contribution is 0.202. The second-order valence-electron chi connectivity index (χ2n) is 4.24. The van der Waals surface area contributed by atoms with Crippen LogP contribution in [0.2, 0.25) is 5.15 Å². The predicted octanol–water partition coefficient (Wildman–Crippen LogP) is 0.831. The van der Waals surface area contributed by atoms with Gasteiger partial charge in [0.05, 0.1) is 12.2 Å². The van der Waals surface area contributed by atoms with E-state index >= 15 is 0 Å². The molecule has 1 aliphatic rings. The quantitative estimate of drug-likeness (QED) is 0.785. The van der Waals surface area contributed by atoms with Gasteiger partial charge in [0.15, 0.2) is 0 Å². The number of nitrogens with zero attached hydrogens (tertiary/aromatic N) is 3. The minimum atomic E-state index is -0.158. The van der Waals surface area contributed by atoms with Gasteiger partial charge in [-0.05, 0) is 18.8 Å². The van der Waals surface area contributed by atoms with Crippen LogP contribution >= 0.6 is 11.6 Å². The maximum absolute atomic E-state index is 9.30. The maximum Gasteiger partial charge on any atom is 0.140 e. The zero-order chi connectivity index (χ0) is 12.3. The van der Waals surface area contributed by atoms with Gasteiger partial charge in [0.25, 0.3) is 0 Å². The highest BCUT2D eigenvalue weighted by Crippen LogP contribution is 2.27. The summed E-state index contributed by atoms with van der Waals surface area (Å²) in [7, 11) is 0. The third-order valence-corrected chi connectivity index (χ3v) is 3.53. The molecule has 1 aromatic rings. The lowest BCUT2D eigenvalue weighted by Crippen LogP contribution is -2.36. The summed E-state index contributed by atoms with van der Waals surface area (Å²) in [5, 5.41) is 18.7. The highest BCUT2D eigenvalue weighted by atomic mass is 35.5. The van der Waals surface area contributed by atoms with Gasteiger partial charge >= 0.3 is 0 Å². The van der Waals surface area contributed by atoms with Gasteiger partial charge in [0.1, 0.15) is 17.3 Å². The number of rotatable bonds is 3. The van der Waals surface area contributed by atoms with Crippen LogP contribution in [0.15, 0.2) is 6.33 Å². The SMILES string of the molecule is OCc1c(Cl)ncnc1N1CCC(CO)CC1. The van der Waals surface area contributed by atoms with Gasteiger partial charge in [-0.2, -0.15) is 0 Å². The summed E-state index contributed by atoms with van der Waals surface area (Å²) in [4.78, 5) is 10.1. The summed E-state index contributed by atoms with van der Waals surface area (Å²) in [6.45, 7) is 1.73. The predicted molar refractivity (Wildman–Crippen MR) is 65.0 cm³/mol. The van der Waals surface area contributed by atoms with Crippen molar-refractivity contribution in [2.75, 3.05) is 24.6 Å². The molecule has 0 amide bonds. The van der Waals surface area contributed by atoms with Crippen molar-refractivity contribution in [2.45, 2.75) is 19.4 Å².